The van der Waals surface area contributed by atoms with Gasteiger partial charge in [-0.15, -0.1) is 0 Å². The molecule has 1 aliphatic heterocycles. The van der Waals surface area contributed by atoms with Crippen LogP contribution in [0.1, 0.15) is 43.2 Å². The molecule has 0 unspecified atom stereocenters. The first-order chi connectivity index (χ1) is 18.4. The van der Waals surface area contributed by atoms with Gasteiger partial charge in [0.25, 0.3) is 0 Å². The lowest BCUT2D eigenvalue weighted by Gasteiger charge is -2.22. The number of nitrogens with one attached hydrogen (secondary N) is 3. The summed E-state index contributed by atoms with van der Waals surface area (Å²) in [6.45, 7) is 4.41. The van der Waals surface area contributed by atoms with Gasteiger partial charge in [0, 0.05) is 24.3 Å². The zero-order valence-corrected chi connectivity index (χ0v) is 22.3. The molecule has 0 spiro atoms. The number of carbonyl (C=O) groups excluding carboxylic acids is 1. The van der Waals surface area contributed by atoms with Crippen LogP contribution in [0.4, 0.5) is 15.9 Å². The molecular weight excluding hydrogens is 505 g/mol. The van der Waals surface area contributed by atoms with Crippen molar-refractivity contribution >= 4 is 40.3 Å². The molecule has 1 aliphatic rings. The molecule has 3 aromatic rings. The normalized spacial score (nSPS) is 15.8. The molecular formula is C27H34FN7O2S. The number of anilines is 2. The zero-order chi connectivity index (χ0) is 26.9. The summed E-state index contributed by atoms with van der Waals surface area (Å²) in [6, 6.07) is 6.07. The average molecular weight is 540 g/mol. The molecule has 1 amide bonds. The van der Waals surface area contributed by atoms with Crippen molar-refractivity contribution in [3.05, 3.63) is 66.0 Å². The monoisotopic (exact) mass is 539 g/mol. The Morgan fingerprint density at radius 2 is 2.18 bits per heavy atom. The molecule has 4 N–H and O–H groups in total. The lowest BCUT2D eigenvalue weighted by atomic mass is 10.1. The van der Waals surface area contributed by atoms with Gasteiger partial charge in [0.2, 0.25) is 5.91 Å². The number of aromatic nitrogens is 3. The third-order valence-electron chi connectivity index (χ3n) is 6.76. The summed E-state index contributed by atoms with van der Waals surface area (Å²) in [4.78, 5) is 18.8. The zero-order valence-electron chi connectivity index (χ0n) is 21.5. The number of likely N-dealkylation sites (tertiary alicyclic amines) is 1. The number of hydrogen-bond donors (Lipinski definition) is 4. The van der Waals surface area contributed by atoms with Crippen LogP contribution in [0.15, 0.2) is 49.1 Å². The number of hydrogen-bond acceptors (Lipinski definition) is 6. The smallest absolute Gasteiger partial charge is 0.228 e. The minimum absolute atomic E-state index is 0.101. The van der Waals surface area contributed by atoms with E-state index >= 15 is 0 Å². The molecule has 0 aliphatic carbocycles. The van der Waals surface area contributed by atoms with Gasteiger partial charge in [-0.05, 0) is 99.9 Å². The second kappa shape index (κ2) is 13.4. The van der Waals surface area contributed by atoms with Crippen LogP contribution < -0.4 is 16.0 Å². The van der Waals surface area contributed by atoms with Gasteiger partial charge in [-0.3, -0.25) is 9.69 Å². The van der Waals surface area contributed by atoms with E-state index in [0.29, 0.717) is 22.7 Å². The first-order valence-electron chi connectivity index (χ1n) is 12.9. The van der Waals surface area contributed by atoms with Gasteiger partial charge in [-0.25, -0.2) is 13.9 Å². The fourth-order valence-electron chi connectivity index (χ4n) is 4.80. The quantitative estimate of drug-likeness (QED) is 0.216. The second-order valence-electron chi connectivity index (χ2n) is 9.42. The Kier molecular flexibility index (Phi) is 9.74. The first-order valence-corrected chi connectivity index (χ1v) is 13.3. The molecule has 1 fully saturated rings. The number of unbranched alkanes of at least 4 members (excludes halogenated alkanes) is 1. The van der Waals surface area contributed by atoms with E-state index in [4.69, 9.17) is 12.2 Å². The molecule has 1 saturated heterocycles. The van der Waals surface area contributed by atoms with E-state index in [1.165, 1.54) is 36.5 Å². The Hall–Kier alpha value is -3.41. The summed E-state index contributed by atoms with van der Waals surface area (Å²) in [5.41, 5.74) is 3.60. The fourth-order valence-corrected chi connectivity index (χ4v) is 4.97. The SMILES string of the molecule is Cc1c(CCCCN2CCC[C@H]2CO)cn2ncnc(NC(=S)N/C=C/CC(=O)Nc3cccc(F)c3)c12. The minimum atomic E-state index is -0.407. The average Bonchev–Trinajstić information content (AvgIpc) is 3.48. The van der Waals surface area contributed by atoms with Crippen LogP contribution in [-0.4, -0.2) is 61.4 Å². The van der Waals surface area contributed by atoms with Crippen molar-refractivity contribution < 1.29 is 14.3 Å². The summed E-state index contributed by atoms with van der Waals surface area (Å²) >= 11 is 5.40. The summed E-state index contributed by atoms with van der Waals surface area (Å²) < 4.78 is 15.1. The van der Waals surface area contributed by atoms with Gasteiger partial charge in [-0.2, -0.15) is 5.10 Å². The van der Waals surface area contributed by atoms with Gasteiger partial charge in [0.05, 0.1) is 6.61 Å². The van der Waals surface area contributed by atoms with Crippen LogP contribution in [0.3, 0.4) is 0 Å². The number of rotatable bonds is 11. The van der Waals surface area contributed by atoms with Crippen LogP contribution in [0, 0.1) is 12.7 Å². The number of aliphatic hydroxyl groups is 1. The summed E-state index contributed by atoms with van der Waals surface area (Å²) in [7, 11) is 0. The third-order valence-corrected chi connectivity index (χ3v) is 6.98. The number of fused-ring (bicyclic) bond motifs is 1. The standard InChI is InChI=1S/C27H34FN7O2S/c1-19-20(7-2-3-13-34-14-6-10-23(34)17-36)16-35-25(19)26(30-18-31-35)33-27(38)29-12-5-11-24(37)32-22-9-4-8-21(28)15-22/h4-5,8-9,12,15-16,18,23,36H,2-3,6-7,10-11,13-14,17H2,1H3,(H,32,37)(H2,29,30,31,33,38)/b12-5+/t23-/m0/s1. The number of aryl methyl sites for hydroxylation is 2. The van der Waals surface area contributed by atoms with Crippen LogP contribution in [0.2, 0.25) is 0 Å². The van der Waals surface area contributed by atoms with Crippen molar-refractivity contribution in [2.24, 2.45) is 0 Å². The van der Waals surface area contributed by atoms with Crippen molar-refractivity contribution in [1.82, 2.24) is 24.8 Å². The maximum atomic E-state index is 13.2. The third kappa shape index (κ3) is 7.33. The highest BCUT2D eigenvalue weighted by molar-refractivity contribution is 7.80. The number of amides is 1. The number of aliphatic hydroxyl groups excluding tert-OH is 1. The number of thiocarbonyl (C=S) groups is 1. The van der Waals surface area contributed by atoms with E-state index in [2.05, 4.69) is 37.9 Å². The number of carbonyl (C=O) groups is 1. The summed E-state index contributed by atoms with van der Waals surface area (Å²) in [6.07, 6.45) is 12.2. The second-order valence-corrected chi connectivity index (χ2v) is 9.82. The molecule has 0 bridgehead atoms. The molecule has 202 valence electrons. The van der Waals surface area contributed by atoms with Crippen molar-refractivity contribution in [1.29, 1.82) is 0 Å². The molecule has 0 saturated carbocycles. The van der Waals surface area contributed by atoms with E-state index in [-0.39, 0.29) is 18.9 Å². The Labute approximate surface area is 227 Å². The molecule has 38 heavy (non-hydrogen) atoms. The minimum Gasteiger partial charge on any atom is -0.395 e. The highest BCUT2D eigenvalue weighted by atomic mass is 32.1. The molecule has 9 nitrogen and oxygen atoms in total. The van der Waals surface area contributed by atoms with Crippen LogP contribution >= 0.6 is 12.2 Å². The number of benzene rings is 1. The maximum Gasteiger partial charge on any atom is 0.228 e. The molecule has 0 radical (unpaired) electrons. The largest absolute Gasteiger partial charge is 0.395 e. The molecule has 2 aromatic heterocycles. The number of nitrogens with zero attached hydrogens (tertiary/aromatic N) is 4. The van der Waals surface area contributed by atoms with E-state index in [1.807, 2.05) is 10.7 Å². The van der Waals surface area contributed by atoms with E-state index < -0.39 is 5.82 Å². The van der Waals surface area contributed by atoms with E-state index in [9.17, 15) is 14.3 Å². The van der Waals surface area contributed by atoms with Crippen LogP contribution in [-0.2, 0) is 11.2 Å². The Balaban J connectivity index is 1.26. The Morgan fingerprint density at radius 1 is 1.32 bits per heavy atom. The summed E-state index contributed by atoms with van der Waals surface area (Å²) in [5.74, 6) is -0.0774. The van der Waals surface area contributed by atoms with E-state index in [1.54, 1.807) is 18.3 Å². The van der Waals surface area contributed by atoms with Gasteiger partial charge >= 0.3 is 0 Å². The lowest BCUT2D eigenvalue weighted by Crippen LogP contribution is -2.32. The lowest BCUT2D eigenvalue weighted by molar-refractivity contribution is -0.115. The Bertz CT molecular complexity index is 1300. The highest BCUT2D eigenvalue weighted by Gasteiger charge is 2.22. The highest BCUT2D eigenvalue weighted by Crippen LogP contribution is 2.24. The van der Waals surface area contributed by atoms with Crippen LogP contribution in [0.5, 0.6) is 0 Å². The predicted molar refractivity (Wildman–Crippen MR) is 150 cm³/mol. The predicted octanol–water partition coefficient (Wildman–Crippen LogP) is 3.79. The van der Waals surface area contributed by atoms with Crippen LogP contribution in [0.25, 0.3) is 5.52 Å². The maximum absolute atomic E-state index is 13.2. The van der Waals surface area contributed by atoms with Crippen molar-refractivity contribution in [2.75, 3.05) is 30.3 Å². The number of halogens is 1. The van der Waals surface area contributed by atoms with Gasteiger partial charge < -0.3 is 21.1 Å². The van der Waals surface area contributed by atoms with E-state index in [0.717, 1.165) is 49.9 Å². The fraction of sp³-hybridized carbons (Fsp3) is 0.407. The molecule has 11 heteroatoms. The van der Waals surface area contributed by atoms with Gasteiger partial charge in [0.1, 0.15) is 17.7 Å². The summed E-state index contributed by atoms with van der Waals surface area (Å²) in [5, 5.41) is 22.9. The van der Waals surface area contributed by atoms with Crippen molar-refractivity contribution in [2.45, 2.75) is 51.5 Å². The molecule has 1 atom stereocenters. The molecule has 3 heterocycles. The van der Waals surface area contributed by atoms with Gasteiger partial charge in [0.15, 0.2) is 10.9 Å². The van der Waals surface area contributed by atoms with Crippen molar-refractivity contribution in [3.8, 4) is 0 Å². The Morgan fingerprint density at radius 3 is 3.00 bits per heavy atom. The first kappa shape index (κ1) is 27.6. The van der Waals surface area contributed by atoms with Crippen molar-refractivity contribution in [3.63, 3.8) is 0 Å². The molecule has 1 aromatic carbocycles. The molecule has 4 rings (SSSR count). The topological polar surface area (TPSA) is 107 Å². The van der Waals surface area contributed by atoms with Gasteiger partial charge in [-0.1, -0.05) is 12.1 Å².